The molecule has 1 rings (SSSR count). The van der Waals surface area contributed by atoms with E-state index >= 15 is 0 Å². The largest absolute Gasteiger partial charge is 0.477 e. The highest BCUT2D eigenvalue weighted by atomic mass is 16.7. The molecule has 0 amide bonds. The molecule has 1 aliphatic heterocycles. The highest BCUT2D eigenvalue weighted by Gasteiger charge is 2.18. The van der Waals surface area contributed by atoms with Gasteiger partial charge in [0.05, 0.1) is 5.71 Å². The van der Waals surface area contributed by atoms with Gasteiger partial charge >= 0.3 is 0 Å². The molecule has 0 spiro atoms. The minimum atomic E-state index is 0.00954. The van der Waals surface area contributed by atoms with Crippen molar-refractivity contribution in [1.29, 1.82) is 5.41 Å². The summed E-state index contributed by atoms with van der Waals surface area (Å²) >= 11 is 0. The fourth-order valence-corrected chi connectivity index (χ4v) is 0.876. The Morgan fingerprint density at radius 2 is 2.64 bits per heavy atom. The van der Waals surface area contributed by atoms with Gasteiger partial charge in [-0.1, -0.05) is 5.16 Å². The predicted molar refractivity (Wildman–Crippen MR) is 42.0 cm³/mol. The van der Waals surface area contributed by atoms with E-state index in [4.69, 9.17) is 15.0 Å². The number of rotatable bonds is 2. The molecule has 1 unspecified atom stereocenters. The van der Waals surface area contributed by atoms with E-state index in [1.165, 1.54) is 0 Å². The first-order valence-electron chi connectivity index (χ1n) is 3.55. The van der Waals surface area contributed by atoms with E-state index in [0.29, 0.717) is 6.61 Å². The maximum Gasteiger partial charge on any atom is 0.177 e. The van der Waals surface area contributed by atoms with E-state index < -0.39 is 0 Å². The topological polar surface area (TPSA) is 54.7 Å². The summed E-state index contributed by atoms with van der Waals surface area (Å²) in [5, 5.41) is 10.8. The fraction of sp³-hybridized carbons (Fsp3) is 0.714. The molecule has 11 heavy (non-hydrogen) atoms. The maximum atomic E-state index is 6.99. The normalized spacial score (nSPS) is 22.4. The van der Waals surface area contributed by atoms with Crippen LogP contribution in [0.5, 0.6) is 0 Å². The van der Waals surface area contributed by atoms with Crippen LogP contribution in [0.25, 0.3) is 0 Å². The summed E-state index contributed by atoms with van der Waals surface area (Å²) in [5.41, 5.74) is 0.987. The third kappa shape index (κ3) is 2.57. The van der Waals surface area contributed by atoms with Gasteiger partial charge in [-0.05, 0) is 6.92 Å². The molecule has 4 nitrogen and oxygen atoms in total. The molecule has 0 aromatic carbocycles. The molecule has 0 radical (unpaired) electrons. The van der Waals surface area contributed by atoms with E-state index in [1.54, 1.807) is 6.92 Å². The summed E-state index contributed by atoms with van der Waals surface area (Å²) < 4.78 is 4.96. The van der Waals surface area contributed by atoms with Gasteiger partial charge < -0.3 is 9.57 Å². The first kappa shape index (κ1) is 8.04. The van der Waals surface area contributed by atoms with Gasteiger partial charge in [-0.3, -0.25) is 5.41 Å². The van der Waals surface area contributed by atoms with Crippen LogP contribution < -0.4 is 0 Å². The Balaban J connectivity index is 2.16. The van der Waals surface area contributed by atoms with Gasteiger partial charge in [-0.2, -0.15) is 0 Å². The van der Waals surface area contributed by atoms with Crippen LogP contribution in [0.1, 0.15) is 20.3 Å². The lowest BCUT2D eigenvalue weighted by molar-refractivity contribution is 0.0427. The average Bonchev–Trinajstić information content (AvgIpc) is 2.31. The van der Waals surface area contributed by atoms with Crippen LogP contribution in [0.2, 0.25) is 0 Å². The van der Waals surface area contributed by atoms with E-state index in [0.717, 1.165) is 12.1 Å². The minimum absolute atomic E-state index is 0.00954. The van der Waals surface area contributed by atoms with E-state index in [1.807, 2.05) is 6.92 Å². The summed E-state index contributed by atoms with van der Waals surface area (Å²) in [5.74, 6) is 0.221. The average molecular weight is 156 g/mol. The van der Waals surface area contributed by atoms with Gasteiger partial charge in [0.2, 0.25) is 0 Å². The minimum Gasteiger partial charge on any atom is -0.477 e. The SMILES string of the molecule is CC(=N)OCC1CC(C)=NO1. The second kappa shape index (κ2) is 3.37. The number of hydrogen-bond donors (Lipinski definition) is 1. The summed E-state index contributed by atoms with van der Waals surface area (Å²) in [6.07, 6.45) is 0.822. The molecule has 0 aliphatic carbocycles. The van der Waals surface area contributed by atoms with Crippen molar-refractivity contribution in [1.82, 2.24) is 0 Å². The molecule has 0 fully saturated rings. The van der Waals surface area contributed by atoms with Crippen molar-refractivity contribution in [3.63, 3.8) is 0 Å². The van der Waals surface area contributed by atoms with Crippen LogP contribution in [0.15, 0.2) is 5.16 Å². The third-order valence-electron chi connectivity index (χ3n) is 1.37. The third-order valence-corrected chi connectivity index (χ3v) is 1.37. The monoisotopic (exact) mass is 156 g/mol. The summed E-state index contributed by atoms with van der Waals surface area (Å²) in [4.78, 5) is 4.98. The first-order valence-corrected chi connectivity index (χ1v) is 3.55. The number of oxime groups is 1. The van der Waals surface area contributed by atoms with Gasteiger partial charge in [0.15, 0.2) is 12.0 Å². The summed E-state index contributed by atoms with van der Waals surface area (Å²) in [6.45, 7) is 3.94. The Kier molecular flexibility index (Phi) is 2.46. The molecule has 62 valence electrons. The molecule has 1 atom stereocenters. The molecular formula is C7H12N2O2. The second-order valence-corrected chi connectivity index (χ2v) is 2.63. The van der Waals surface area contributed by atoms with Crippen molar-refractivity contribution in [2.45, 2.75) is 26.4 Å². The molecule has 0 bridgehead atoms. The van der Waals surface area contributed by atoms with Crippen LogP contribution in [0.3, 0.4) is 0 Å². The molecule has 1 heterocycles. The predicted octanol–water partition coefficient (Wildman–Crippen LogP) is 1.16. The van der Waals surface area contributed by atoms with E-state index in [-0.39, 0.29) is 12.0 Å². The smallest absolute Gasteiger partial charge is 0.177 e. The zero-order chi connectivity index (χ0) is 8.27. The van der Waals surface area contributed by atoms with Crippen LogP contribution in [-0.2, 0) is 9.57 Å². The van der Waals surface area contributed by atoms with Crippen molar-refractivity contribution >= 4 is 11.6 Å². The van der Waals surface area contributed by atoms with Crippen molar-refractivity contribution in [3.05, 3.63) is 0 Å². The van der Waals surface area contributed by atoms with E-state index in [2.05, 4.69) is 5.16 Å². The quantitative estimate of drug-likeness (QED) is 0.482. The lowest BCUT2D eigenvalue weighted by Gasteiger charge is -2.07. The molecule has 0 saturated heterocycles. The van der Waals surface area contributed by atoms with Crippen LogP contribution in [0.4, 0.5) is 0 Å². The Labute approximate surface area is 65.7 Å². The van der Waals surface area contributed by atoms with Gasteiger partial charge in [-0.25, -0.2) is 0 Å². The van der Waals surface area contributed by atoms with Gasteiger partial charge in [-0.15, -0.1) is 0 Å². The Morgan fingerprint density at radius 3 is 3.09 bits per heavy atom. The molecule has 0 saturated carbocycles. The lowest BCUT2D eigenvalue weighted by atomic mass is 10.2. The van der Waals surface area contributed by atoms with Gasteiger partial charge in [0, 0.05) is 13.3 Å². The standard InChI is InChI=1S/C7H12N2O2/c1-5-3-7(11-9-5)4-10-6(2)8/h7-8H,3-4H2,1-2H3. The Morgan fingerprint density at radius 1 is 1.91 bits per heavy atom. The number of nitrogens with zero attached hydrogens (tertiary/aromatic N) is 1. The van der Waals surface area contributed by atoms with Crippen molar-refractivity contribution in [3.8, 4) is 0 Å². The molecule has 4 heteroatoms. The Bertz CT molecular complexity index is 189. The zero-order valence-corrected chi connectivity index (χ0v) is 6.76. The van der Waals surface area contributed by atoms with Crippen molar-refractivity contribution < 1.29 is 9.57 Å². The molecule has 0 aromatic rings. The van der Waals surface area contributed by atoms with Crippen LogP contribution >= 0.6 is 0 Å². The van der Waals surface area contributed by atoms with Crippen LogP contribution in [0, 0.1) is 5.41 Å². The van der Waals surface area contributed by atoms with E-state index in [9.17, 15) is 0 Å². The number of ether oxygens (including phenoxy) is 1. The summed E-state index contributed by atoms with van der Waals surface area (Å²) in [7, 11) is 0. The maximum absolute atomic E-state index is 6.99. The highest BCUT2D eigenvalue weighted by molar-refractivity contribution is 5.82. The Hall–Kier alpha value is -1.06. The van der Waals surface area contributed by atoms with Gasteiger partial charge in [0.1, 0.15) is 6.61 Å². The van der Waals surface area contributed by atoms with Gasteiger partial charge in [0.25, 0.3) is 0 Å². The zero-order valence-electron chi connectivity index (χ0n) is 6.76. The molecule has 1 aliphatic rings. The lowest BCUT2D eigenvalue weighted by Crippen LogP contribution is -2.16. The molecule has 0 aromatic heterocycles. The fourth-order valence-electron chi connectivity index (χ4n) is 0.876. The van der Waals surface area contributed by atoms with Crippen molar-refractivity contribution in [2.75, 3.05) is 6.61 Å². The van der Waals surface area contributed by atoms with Crippen LogP contribution in [-0.4, -0.2) is 24.3 Å². The highest BCUT2D eigenvalue weighted by Crippen LogP contribution is 2.09. The summed E-state index contributed by atoms with van der Waals surface area (Å²) in [6, 6.07) is 0. The number of hydrogen-bond acceptors (Lipinski definition) is 4. The van der Waals surface area contributed by atoms with Crippen molar-refractivity contribution in [2.24, 2.45) is 5.16 Å². The molecule has 1 N–H and O–H groups in total. The molecular weight excluding hydrogens is 144 g/mol. The number of nitrogens with one attached hydrogen (secondary N) is 1. The second-order valence-electron chi connectivity index (χ2n) is 2.63. The first-order chi connectivity index (χ1) is 5.18.